The highest BCUT2D eigenvalue weighted by Crippen LogP contribution is 2.35. The van der Waals surface area contributed by atoms with E-state index in [1.807, 2.05) is 90.4 Å². The number of aromatic nitrogens is 2. The van der Waals surface area contributed by atoms with Gasteiger partial charge in [-0.1, -0.05) is 88.0 Å². The zero-order valence-electron chi connectivity index (χ0n) is 21.9. The second-order valence-electron chi connectivity index (χ2n) is 7.70. The van der Waals surface area contributed by atoms with E-state index < -0.39 is 5.41 Å². The Balaban J connectivity index is 0.00000129. The van der Waals surface area contributed by atoms with Crippen molar-refractivity contribution in [3.8, 4) is 11.1 Å². The van der Waals surface area contributed by atoms with E-state index in [1.165, 1.54) is 17.3 Å². The number of thioether (sulfide) groups is 1. The number of carbonyl (C=O) groups is 1. The van der Waals surface area contributed by atoms with Gasteiger partial charge >= 0.3 is 0 Å². The van der Waals surface area contributed by atoms with Crippen LogP contribution in [0.25, 0.3) is 11.1 Å². The topological polar surface area (TPSA) is 46.1 Å². The molecule has 0 spiro atoms. The number of rotatable bonds is 5. The van der Waals surface area contributed by atoms with Gasteiger partial charge in [0.1, 0.15) is 5.82 Å². The van der Waals surface area contributed by atoms with E-state index in [2.05, 4.69) is 31.0 Å². The molecule has 33 heavy (non-hydrogen) atoms. The van der Waals surface area contributed by atoms with Gasteiger partial charge < -0.3 is 0 Å². The Hall–Kier alpha value is -2.66. The monoisotopic (exact) mass is 465 g/mol. The highest BCUT2D eigenvalue weighted by atomic mass is 32.2. The first-order chi connectivity index (χ1) is 15.8. The van der Waals surface area contributed by atoms with Crippen LogP contribution in [0.4, 0.5) is 5.82 Å². The number of hydrogen-bond acceptors (Lipinski definition) is 4. The van der Waals surface area contributed by atoms with Gasteiger partial charge in [-0.3, -0.25) is 9.69 Å². The van der Waals surface area contributed by atoms with E-state index in [0.29, 0.717) is 11.0 Å². The first-order valence-corrected chi connectivity index (χ1v) is 12.8. The van der Waals surface area contributed by atoms with E-state index in [-0.39, 0.29) is 5.91 Å². The molecule has 0 aliphatic heterocycles. The lowest BCUT2D eigenvalue weighted by Crippen LogP contribution is -2.42. The number of hydrogen-bond donors (Lipinski definition) is 0. The van der Waals surface area contributed by atoms with Crippen molar-refractivity contribution < 1.29 is 4.79 Å². The van der Waals surface area contributed by atoms with Crippen LogP contribution < -0.4 is 4.90 Å². The second kappa shape index (κ2) is 13.1. The molecule has 0 saturated carbocycles. The quantitative estimate of drug-likeness (QED) is 0.289. The summed E-state index contributed by atoms with van der Waals surface area (Å²) >= 11 is 1.47. The van der Waals surface area contributed by atoms with Gasteiger partial charge in [0, 0.05) is 18.8 Å². The molecular weight excluding hydrogens is 426 g/mol. The summed E-state index contributed by atoms with van der Waals surface area (Å²) in [6, 6.07) is 16.0. The average Bonchev–Trinajstić information content (AvgIpc) is 2.87. The van der Waals surface area contributed by atoms with Crippen LogP contribution in [-0.2, 0) is 10.2 Å². The summed E-state index contributed by atoms with van der Waals surface area (Å²) in [7, 11) is 1.80. The molecule has 2 aromatic carbocycles. The highest BCUT2D eigenvalue weighted by Gasteiger charge is 2.34. The number of nitrogens with zero attached hydrogens (tertiary/aromatic N) is 3. The molecule has 0 atom stereocenters. The maximum Gasteiger partial charge on any atom is 0.237 e. The average molecular weight is 466 g/mol. The lowest BCUT2D eigenvalue weighted by molar-refractivity contribution is -0.122. The Kier molecular flexibility index (Phi) is 11.3. The minimum absolute atomic E-state index is 0.0130. The predicted octanol–water partition coefficient (Wildman–Crippen LogP) is 7.48. The van der Waals surface area contributed by atoms with Gasteiger partial charge in [-0.2, -0.15) is 0 Å². The molecule has 0 bridgehead atoms. The molecule has 1 aromatic heterocycles. The van der Waals surface area contributed by atoms with E-state index >= 15 is 0 Å². The van der Waals surface area contributed by atoms with Gasteiger partial charge in [-0.15, -0.1) is 0 Å². The molecule has 3 rings (SSSR count). The van der Waals surface area contributed by atoms with Crippen LogP contribution in [0.2, 0.25) is 0 Å². The van der Waals surface area contributed by atoms with Crippen molar-refractivity contribution in [1.29, 1.82) is 0 Å². The lowest BCUT2D eigenvalue weighted by atomic mass is 9.83. The standard InChI is InChI=1S/C24H27N3OS.2C2H6/c1-16-11-10-14-19(17(16)2)20-15-25-23(29-6)26-21(20)27(5)22(28)24(3,4)18-12-8-7-9-13-18;2*1-2/h7-15H,1-6H3;2*1-2H3. The van der Waals surface area contributed by atoms with Crippen LogP contribution in [-0.4, -0.2) is 29.2 Å². The van der Waals surface area contributed by atoms with Gasteiger partial charge in [-0.25, -0.2) is 9.97 Å². The maximum absolute atomic E-state index is 13.6. The Bertz CT molecular complexity index is 1030. The third-order valence-electron chi connectivity index (χ3n) is 5.48. The summed E-state index contributed by atoms with van der Waals surface area (Å²) < 4.78 is 0. The molecule has 0 unspecified atom stereocenters. The number of amides is 1. The third kappa shape index (κ3) is 6.44. The molecule has 1 heterocycles. The first-order valence-electron chi connectivity index (χ1n) is 11.6. The Morgan fingerprint density at radius 1 is 0.909 bits per heavy atom. The zero-order valence-corrected chi connectivity index (χ0v) is 22.7. The van der Waals surface area contributed by atoms with Gasteiger partial charge in [0.2, 0.25) is 5.91 Å². The van der Waals surface area contributed by atoms with Gasteiger partial charge in [0.15, 0.2) is 5.16 Å². The molecule has 4 nitrogen and oxygen atoms in total. The zero-order chi connectivity index (χ0) is 25.2. The molecule has 178 valence electrons. The normalized spacial score (nSPS) is 10.4. The summed E-state index contributed by atoms with van der Waals surface area (Å²) in [6.07, 6.45) is 3.77. The van der Waals surface area contributed by atoms with Crippen molar-refractivity contribution in [2.45, 2.75) is 66.0 Å². The molecular formula is C28H39N3OS. The van der Waals surface area contributed by atoms with Crippen molar-refractivity contribution in [2.75, 3.05) is 18.2 Å². The van der Waals surface area contributed by atoms with Gasteiger partial charge in [-0.05, 0) is 56.2 Å². The molecule has 3 aromatic rings. The van der Waals surface area contributed by atoms with Crippen LogP contribution in [0.3, 0.4) is 0 Å². The summed E-state index contributed by atoms with van der Waals surface area (Å²) in [5.41, 5.74) is 4.57. The second-order valence-corrected chi connectivity index (χ2v) is 8.47. The summed E-state index contributed by atoms with van der Waals surface area (Å²) in [5, 5.41) is 0.645. The largest absolute Gasteiger partial charge is 0.299 e. The van der Waals surface area contributed by atoms with E-state index in [9.17, 15) is 4.79 Å². The molecule has 0 radical (unpaired) electrons. The lowest BCUT2D eigenvalue weighted by Gasteiger charge is -2.30. The van der Waals surface area contributed by atoms with Crippen molar-refractivity contribution in [1.82, 2.24) is 9.97 Å². The Morgan fingerprint density at radius 3 is 2.09 bits per heavy atom. The predicted molar refractivity (Wildman–Crippen MR) is 144 cm³/mol. The SMILES string of the molecule is CC.CC.CSc1ncc(-c2cccc(C)c2C)c(N(C)C(=O)C(C)(C)c2ccccc2)n1. The van der Waals surface area contributed by atoms with Crippen LogP contribution in [0, 0.1) is 13.8 Å². The minimum Gasteiger partial charge on any atom is -0.299 e. The van der Waals surface area contributed by atoms with Crippen LogP contribution >= 0.6 is 11.8 Å². The van der Waals surface area contributed by atoms with E-state index in [1.54, 1.807) is 11.9 Å². The third-order valence-corrected chi connectivity index (χ3v) is 6.04. The fraction of sp³-hybridized carbons (Fsp3) is 0.393. The summed E-state index contributed by atoms with van der Waals surface area (Å²) in [4.78, 5) is 24.4. The van der Waals surface area contributed by atoms with E-state index in [4.69, 9.17) is 4.98 Å². The van der Waals surface area contributed by atoms with Crippen molar-refractivity contribution in [2.24, 2.45) is 0 Å². The highest BCUT2D eigenvalue weighted by molar-refractivity contribution is 7.98. The van der Waals surface area contributed by atoms with Crippen molar-refractivity contribution in [3.05, 3.63) is 71.4 Å². The molecule has 0 N–H and O–H groups in total. The fourth-order valence-electron chi connectivity index (χ4n) is 3.44. The molecule has 5 heteroatoms. The van der Waals surface area contributed by atoms with Crippen LogP contribution in [0.15, 0.2) is 59.9 Å². The summed E-state index contributed by atoms with van der Waals surface area (Å²) in [5.74, 6) is 0.619. The molecule has 1 amide bonds. The fourth-order valence-corrected chi connectivity index (χ4v) is 3.77. The van der Waals surface area contributed by atoms with E-state index in [0.717, 1.165) is 22.3 Å². The van der Waals surface area contributed by atoms with Gasteiger partial charge in [0.25, 0.3) is 0 Å². The maximum atomic E-state index is 13.6. The van der Waals surface area contributed by atoms with Crippen LogP contribution in [0.5, 0.6) is 0 Å². The smallest absolute Gasteiger partial charge is 0.237 e. The number of likely N-dealkylation sites (N-methyl/N-ethyl adjacent to an activating group) is 1. The first kappa shape index (κ1) is 28.4. The summed E-state index contributed by atoms with van der Waals surface area (Å²) in [6.45, 7) is 16.1. The van der Waals surface area contributed by atoms with Crippen molar-refractivity contribution >= 4 is 23.5 Å². The molecule has 0 aliphatic carbocycles. The number of benzene rings is 2. The Morgan fingerprint density at radius 2 is 1.52 bits per heavy atom. The minimum atomic E-state index is -0.681. The number of aryl methyl sites for hydroxylation is 1. The molecule has 0 saturated heterocycles. The van der Waals surface area contributed by atoms with Crippen LogP contribution in [0.1, 0.15) is 58.2 Å². The molecule has 0 aliphatic rings. The number of anilines is 1. The van der Waals surface area contributed by atoms with Crippen molar-refractivity contribution in [3.63, 3.8) is 0 Å². The Labute approximate surface area is 204 Å². The van der Waals surface area contributed by atoms with Gasteiger partial charge in [0.05, 0.1) is 5.41 Å². The number of carbonyl (C=O) groups excluding carboxylic acids is 1. The molecule has 0 fully saturated rings.